The zero-order chi connectivity index (χ0) is 27.2. The predicted octanol–water partition coefficient (Wildman–Crippen LogP) is 4.64. The summed E-state index contributed by atoms with van der Waals surface area (Å²) < 4.78 is 17.8. The average molecular weight is 534 g/mol. The molecule has 3 aliphatic rings. The van der Waals surface area contributed by atoms with E-state index in [9.17, 15) is 14.9 Å². The van der Waals surface area contributed by atoms with Crippen LogP contribution in [0.2, 0.25) is 0 Å². The Morgan fingerprint density at radius 1 is 1.10 bits per heavy atom. The van der Waals surface area contributed by atoms with Crippen molar-refractivity contribution in [1.82, 2.24) is 15.3 Å². The highest BCUT2D eigenvalue weighted by atomic mass is 16.6. The van der Waals surface area contributed by atoms with Crippen LogP contribution in [0.15, 0.2) is 48.7 Å². The molecule has 1 aromatic heterocycles. The Morgan fingerprint density at radius 3 is 2.82 bits per heavy atom. The zero-order valence-electron chi connectivity index (χ0n) is 21.7. The molecule has 3 aliphatic heterocycles. The summed E-state index contributed by atoms with van der Waals surface area (Å²) in [7, 11) is 0. The predicted molar refractivity (Wildman–Crippen MR) is 144 cm³/mol. The van der Waals surface area contributed by atoms with Gasteiger partial charge in [-0.25, -0.2) is 9.97 Å². The SMILES string of the molecule is CC1CCOCc2cc(ccc2OC2CCCOC2)Nc2nccc(n2)-c2ccc(cc2[N+](=O)[O-])C(=O)NC1. The van der Waals surface area contributed by atoms with Crippen LogP contribution in [0.4, 0.5) is 17.3 Å². The molecular formula is C28H31N5O6. The van der Waals surface area contributed by atoms with Gasteiger partial charge in [0.05, 0.1) is 29.4 Å². The van der Waals surface area contributed by atoms with Gasteiger partial charge in [-0.15, -0.1) is 0 Å². The van der Waals surface area contributed by atoms with Crippen molar-refractivity contribution in [2.45, 2.75) is 38.9 Å². The third kappa shape index (κ3) is 6.68. The summed E-state index contributed by atoms with van der Waals surface area (Å²) in [5.41, 5.74) is 2.25. The molecule has 0 aliphatic carbocycles. The van der Waals surface area contributed by atoms with Gasteiger partial charge in [0.2, 0.25) is 5.95 Å². The summed E-state index contributed by atoms with van der Waals surface area (Å²) in [5.74, 6) is 0.777. The molecule has 204 valence electrons. The lowest BCUT2D eigenvalue weighted by Crippen LogP contribution is -2.29. The summed E-state index contributed by atoms with van der Waals surface area (Å²) in [6.45, 7) is 4.58. The van der Waals surface area contributed by atoms with E-state index in [0.29, 0.717) is 37.6 Å². The number of ether oxygens (including phenoxy) is 3. The van der Waals surface area contributed by atoms with Gasteiger partial charge >= 0.3 is 0 Å². The van der Waals surface area contributed by atoms with Gasteiger partial charge in [0, 0.05) is 48.8 Å². The van der Waals surface area contributed by atoms with Gasteiger partial charge in [-0.05, 0) is 61.6 Å². The van der Waals surface area contributed by atoms with Crippen LogP contribution in [0, 0.1) is 16.0 Å². The molecule has 0 saturated carbocycles. The molecule has 1 amide bonds. The summed E-state index contributed by atoms with van der Waals surface area (Å²) in [6.07, 6.45) is 4.13. The number of nitro benzene ring substituents is 1. The van der Waals surface area contributed by atoms with Gasteiger partial charge in [0.1, 0.15) is 11.9 Å². The Morgan fingerprint density at radius 2 is 2.00 bits per heavy atom. The molecule has 2 N–H and O–H groups in total. The van der Waals surface area contributed by atoms with Crippen LogP contribution >= 0.6 is 0 Å². The highest BCUT2D eigenvalue weighted by Gasteiger charge is 2.21. The van der Waals surface area contributed by atoms with Gasteiger partial charge in [-0.1, -0.05) is 6.92 Å². The smallest absolute Gasteiger partial charge is 0.279 e. The number of carbonyl (C=O) groups is 1. The maximum atomic E-state index is 12.7. The van der Waals surface area contributed by atoms with Crippen LogP contribution in [-0.2, 0) is 16.1 Å². The van der Waals surface area contributed by atoms with Crippen LogP contribution in [-0.4, -0.2) is 53.3 Å². The van der Waals surface area contributed by atoms with Gasteiger partial charge in [-0.3, -0.25) is 14.9 Å². The first-order valence-corrected chi connectivity index (χ1v) is 13.1. The Kier molecular flexibility index (Phi) is 8.28. The number of benzene rings is 2. The van der Waals surface area contributed by atoms with Crippen molar-refractivity contribution in [3.63, 3.8) is 0 Å². The van der Waals surface area contributed by atoms with Crippen molar-refractivity contribution in [3.05, 3.63) is 69.9 Å². The van der Waals surface area contributed by atoms with Gasteiger partial charge in [0.25, 0.3) is 11.6 Å². The molecule has 0 spiro atoms. The molecule has 39 heavy (non-hydrogen) atoms. The number of carbonyl (C=O) groups excluding carboxylic acids is 1. The van der Waals surface area contributed by atoms with E-state index >= 15 is 0 Å². The number of rotatable bonds is 3. The minimum absolute atomic E-state index is 0.0172. The molecule has 4 heterocycles. The number of amides is 1. The number of nitrogens with zero attached hydrogens (tertiary/aromatic N) is 3. The third-order valence-corrected chi connectivity index (χ3v) is 6.74. The second kappa shape index (κ2) is 12.2. The van der Waals surface area contributed by atoms with Crippen molar-refractivity contribution < 1.29 is 23.9 Å². The topological polar surface area (TPSA) is 138 Å². The monoisotopic (exact) mass is 533 g/mol. The van der Waals surface area contributed by atoms with Crippen LogP contribution in [0.25, 0.3) is 11.3 Å². The first-order valence-electron chi connectivity index (χ1n) is 13.1. The number of anilines is 2. The van der Waals surface area contributed by atoms with E-state index in [1.54, 1.807) is 18.2 Å². The molecule has 11 heteroatoms. The van der Waals surface area contributed by atoms with E-state index in [-0.39, 0.29) is 35.1 Å². The van der Waals surface area contributed by atoms with Crippen LogP contribution < -0.4 is 15.4 Å². The maximum Gasteiger partial charge on any atom is 0.279 e. The number of hydrogen-bond donors (Lipinski definition) is 2. The molecule has 2 aromatic carbocycles. The zero-order valence-corrected chi connectivity index (χ0v) is 21.7. The van der Waals surface area contributed by atoms with E-state index in [1.807, 2.05) is 25.1 Å². The summed E-state index contributed by atoms with van der Waals surface area (Å²) in [4.78, 5) is 32.9. The molecule has 6 bridgehead atoms. The molecule has 2 unspecified atom stereocenters. The standard InChI is InChI=1S/C28H31N5O6/c1-18-9-12-38-16-20-13-21(5-7-26(20)39-22-3-2-11-37-17-22)31-28-29-10-8-24(32-28)23-6-4-19(27(34)30-15-18)14-25(23)33(35)36/h4-8,10,13-14,18,22H,2-3,9,11-12,15-17H2,1H3,(H,30,34)(H,29,31,32). The van der Waals surface area contributed by atoms with Gasteiger partial charge in [-0.2, -0.15) is 0 Å². The van der Waals surface area contributed by atoms with Crippen molar-refractivity contribution in [2.75, 3.05) is 31.7 Å². The lowest BCUT2D eigenvalue weighted by molar-refractivity contribution is -0.384. The van der Waals surface area contributed by atoms with E-state index in [0.717, 1.165) is 42.9 Å². The van der Waals surface area contributed by atoms with Crippen LogP contribution in [0.1, 0.15) is 42.1 Å². The quantitative estimate of drug-likeness (QED) is 0.364. The summed E-state index contributed by atoms with van der Waals surface area (Å²) in [6, 6.07) is 11.7. The van der Waals surface area contributed by atoms with E-state index < -0.39 is 4.92 Å². The number of aromatic nitrogens is 2. The molecule has 1 saturated heterocycles. The summed E-state index contributed by atoms with van der Waals surface area (Å²) in [5, 5.41) is 18.0. The van der Waals surface area contributed by atoms with Crippen LogP contribution in [0.3, 0.4) is 0 Å². The maximum absolute atomic E-state index is 12.7. The Balaban J connectivity index is 1.48. The Bertz CT molecular complexity index is 1340. The fourth-order valence-corrected chi connectivity index (χ4v) is 4.54. The molecule has 0 radical (unpaired) electrons. The minimum atomic E-state index is -0.508. The lowest BCUT2D eigenvalue weighted by Gasteiger charge is -2.25. The van der Waals surface area contributed by atoms with Gasteiger partial charge in [0.15, 0.2) is 0 Å². The molecule has 6 rings (SSSR count). The molecule has 11 nitrogen and oxygen atoms in total. The largest absolute Gasteiger partial charge is 0.488 e. The number of nitro groups is 1. The minimum Gasteiger partial charge on any atom is -0.488 e. The van der Waals surface area contributed by atoms with Crippen LogP contribution in [0.5, 0.6) is 5.75 Å². The first kappa shape index (κ1) is 26.5. The van der Waals surface area contributed by atoms with Crippen molar-refractivity contribution in [1.29, 1.82) is 0 Å². The fourth-order valence-electron chi connectivity index (χ4n) is 4.54. The highest BCUT2D eigenvalue weighted by molar-refractivity contribution is 5.96. The average Bonchev–Trinajstić information content (AvgIpc) is 2.95. The number of nitrogens with one attached hydrogen (secondary N) is 2. The molecular weight excluding hydrogens is 502 g/mol. The third-order valence-electron chi connectivity index (χ3n) is 6.74. The lowest BCUT2D eigenvalue weighted by atomic mass is 10.0. The van der Waals surface area contributed by atoms with Gasteiger partial charge < -0.3 is 24.8 Å². The number of hydrogen-bond acceptors (Lipinski definition) is 9. The van der Waals surface area contributed by atoms with Crippen molar-refractivity contribution >= 4 is 23.2 Å². The molecule has 1 fully saturated rings. The van der Waals surface area contributed by atoms with E-state index in [1.165, 1.54) is 12.3 Å². The first-order chi connectivity index (χ1) is 19.0. The fraction of sp³-hybridized carbons (Fsp3) is 0.393. The molecule has 2 atom stereocenters. The highest BCUT2D eigenvalue weighted by Crippen LogP contribution is 2.31. The van der Waals surface area contributed by atoms with E-state index in [4.69, 9.17) is 14.2 Å². The van der Waals surface area contributed by atoms with Crippen molar-refractivity contribution in [3.8, 4) is 17.0 Å². The van der Waals surface area contributed by atoms with Crippen molar-refractivity contribution in [2.24, 2.45) is 5.92 Å². The normalized spacial score (nSPS) is 20.1. The van der Waals surface area contributed by atoms with E-state index in [2.05, 4.69) is 20.6 Å². The second-order valence-corrected chi connectivity index (χ2v) is 9.82. The second-order valence-electron chi connectivity index (χ2n) is 9.82. The molecule has 3 aromatic rings. The summed E-state index contributed by atoms with van der Waals surface area (Å²) >= 11 is 0. The number of fused-ring (bicyclic) bond motifs is 9. The Hall–Kier alpha value is -4.09. The Labute approximate surface area is 226 Å².